The highest BCUT2D eigenvalue weighted by atomic mass is 127. The first-order valence-corrected chi connectivity index (χ1v) is 10.7. The number of fused-ring (bicyclic) bond motifs is 1. The Labute approximate surface area is 183 Å². The number of carbonyl (C=O) groups is 1. The molecule has 5 heteroatoms. The predicted molar refractivity (Wildman–Crippen MR) is 125 cm³/mol. The molecule has 0 saturated heterocycles. The highest BCUT2D eigenvalue weighted by Crippen LogP contribution is 2.29. The summed E-state index contributed by atoms with van der Waals surface area (Å²) in [7, 11) is 0. The number of hydrogen-bond acceptors (Lipinski definition) is 3. The van der Waals surface area contributed by atoms with Gasteiger partial charge in [-0.1, -0.05) is 32.0 Å². The molecule has 1 N–H and O–H groups in total. The van der Waals surface area contributed by atoms with Crippen LogP contribution in [0, 0.1) is 3.57 Å². The second kappa shape index (κ2) is 8.37. The second-order valence-electron chi connectivity index (χ2n) is 7.10. The fraction of sp³-hybridized carbons (Fsp3) is 0.167. The van der Waals surface area contributed by atoms with E-state index in [9.17, 15) is 4.79 Å². The van der Waals surface area contributed by atoms with Gasteiger partial charge in [0.1, 0.15) is 5.52 Å². The molecule has 0 bridgehead atoms. The molecule has 4 nitrogen and oxygen atoms in total. The van der Waals surface area contributed by atoms with Gasteiger partial charge in [0, 0.05) is 20.4 Å². The van der Waals surface area contributed by atoms with Gasteiger partial charge >= 0.3 is 0 Å². The Morgan fingerprint density at radius 1 is 1.10 bits per heavy atom. The van der Waals surface area contributed by atoms with Crippen LogP contribution in [0.4, 0.5) is 5.69 Å². The number of oxazole rings is 1. The molecular formula is C24H21IN2O2. The van der Waals surface area contributed by atoms with E-state index in [1.807, 2.05) is 48.5 Å². The molecule has 0 aliphatic rings. The van der Waals surface area contributed by atoms with Gasteiger partial charge in [0.25, 0.3) is 5.91 Å². The van der Waals surface area contributed by atoms with Gasteiger partial charge in [-0.3, -0.25) is 4.79 Å². The van der Waals surface area contributed by atoms with Crippen LogP contribution in [0.3, 0.4) is 0 Å². The van der Waals surface area contributed by atoms with Gasteiger partial charge in [-0.05, 0) is 89.0 Å². The Hall–Kier alpha value is -2.67. The van der Waals surface area contributed by atoms with Crippen LogP contribution < -0.4 is 5.32 Å². The third-order valence-electron chi connectivity index (χ3n) is 5.05. The van der Waals surface area contributed by atoms with E-state index in [-0.39, 0.29) is 5.91 Å². The molecule has 0 radical (unpaired) electrons. The molecule has 0 unspecified atom stereocenters. The lowest BCUT2D eigenvalue weighted by Crippen LogP contribution is -2.11. The summed E-state index contributed by atoms with van der Waals surface area (Å²) in [5.41, 5.74) is 5.03. The van der Waals surface area contributed by atoms with Crippen LogP contribution >= 0.6 is 22.6 Å². The normalized spacial score (nSPS) is 12.1. The quantitative estimate of drug-likeness (QED) is 0.307. The van der Waals surface area contributed by atoms with Crippen LogP contribution in [0.5, 0.6) is 0 Å². The van der Waals surface area contributed by atoms with Gasteiger partial charge in [0.05, 0.1) is 0 Å². The molecule has 1 heterocycles. The maximum atomic E-state index is 12.5. The van der Waals surface area contributed by atoms with Gasteiger partial charge in [0.2, 0.25) is 5.89 Å². The van der Waals surface area contributed by atoms with Gasteiger partial charge in [-0.15, -0.1) is 0 Å². The Kier molecular flexibility index (Phi) is 5.67. The zero-order valence-corrected chi connectivity index (χ0v) is 18.4. The van der Waals surface area contributed by atoms with Crippen molar-refractivity contribution in [3.8, 4) is 11.5 Å². The highest BCUT2D eigenvalue weighted by Gasteiger charge is 2.12. The summed E-state index contributed by atoms with van der Waals surface area (Å²) in [6, 6.07) is 21.2. The van der Waals surface area contributed by atoms with Crippen molar-refractivity contribution in [1.82, 2.24) is 4.98 Å². The van der Waals surface area contributed by atoms with Crippen molar-refractivity contribution < 1.29 is 9.21 Å². The average Bonchev–Trinajstić information content (AvgIpc) is 3.17. The standard InChI is InChI=1S/C24H21IN2O2/c1-3-15(2)16-10-11-22-21(14-16)27-24(29-22)18-7-5-9-20(13-18)26-23(28)17-6-4-8-19(25)12-17/h4-15H,3H2,1-2H3,(H,26,28)/t15-/m0/s1. The highest BCUT2D eigenvalue weighted by molar-refractivity contribution is 14.1. The second-order valence-corrected chi connectivity index (χ2v) is 8.35. The monoisotopic (exact) mass is 496 g/mol. The van der Waals surface area contributed by atoms with Gasteiger partial charge in [-0.25, -0.2) is 4.98 Å². The SMILES string of the molecule is CC[C@H](C)c1ccc2oc(-c3cccc(NC(=O)c4cccc(I)c4)c3)nc2c1. The molecule has 146 valence electrons. The van der Waals surface area contributed by atoms with Crippen molar-refractivity contribution in [2.24, 2.45) is 0 Å². The first-order chi connectivity index (χ1) is 14.0. The molecule has 1 amide bonds. The summed E-state index contributed by atoms with van der Waals surface area (Å²) >= 11 is 2.20. The van der Waals surface area contributed by atoms with Crippen molar-refractivity contribution in [3.05, 3.63) is 81.4 Å². The maximum Gasteiger partial charge on any atom is 0.255 e. The Morgan fingerprint density at radius 3 is 2.72 bits per heavy atom. The number of amides is 1. The molecule has 0 spiro atoms. The Morgan fingerprint density at radius 2 is 1.93 bits per heavy atom. The van der Waals surface area contributed by atoms with Gasteiger partial charge in [-0.2, -0.15) is 0 Å². The molecule has 4 rings (SSSR count). The largest absolute Gasteiger partial charge is 0.436 e. The van der Waals surface area contributed by atoms with Crippen LogP contribution in [0.2, 0.25) is 0 Å². The average molecular weight is 496 g/mol. The third kappa shape index (κ3) is 4.34. The van der Waals surface area contributed by atoms with Crippen LogP contribution in [0.15, 0.2) is 71.1 Å². The topological polar surface area (TPSA) is 55.1 Å². The first kappa shape index (κ1) is 19.6. The number of hydrogen-bond donors (Lipinski definition) is 1. The molecule has 0 aliphatic carbocycles. The Bertz CT molecular complexity index is 1180. The summed E-state index contributed by atoms with van der Waals surface area (Å²) in [5.74, 6) is 0.891. The van der Waals surface area contributed by atoms with E-state index in [2.05, 4.69) is 58.9 Å². The Balaban J connectivity index is 1.60. The zero-order valence-electron chi connectivity index (χ0n) is 16.3. The van der Waals surface area contributed by atoms with Crippen molar-refractivity contribution >= 4 is 45.3 Å². The molecule has 1 atom stereocenters. The minimum Gasteiger partial charge on any atom is -0.436 e. The number of halogens is 1. The van der Waals surface area contributed by atoms with Crippen molar-refractivity contribution in [3.63, 3.8) is 0 Å². The maximum absolute atomic E-state index is 12.5. The van der Waals surface area contributed by atoms with Crippen molar-refractivity contribution in [2.75, 3.05) is 5.32 Å². The van der Waals surface area contributed by atoms with E-state index in [0.717, 1.165) is 26.7 Å². The molecule has 4 aromatic rings. The van der Waals surface area contributed by atoms with Crippen molar-refractivity contribution in [1.29, 1.82) is 0 Å². The zero-order chi connectivity index (χ0) is 20.4. The van der Waals surface area contributed by atoms with E-state index in [1.165, 1.54) is 5.56 Å². The minimum atomic E-state index is -0.142. The van der Waals surface area contributed by atoms with E-state index in [1.54, 1.807) is 6.07 Å². The fourth-order valence-electron chi connectivity index (χ4n) is 3.17. The minimum absolute atomic E-state index is 0.142. The molecule has 0 aliphatic heterocycles. The smallest absolute Gasteiger partial charge is 0.255 e. The van der Waals surface area contributed by atoms with E-state index in [4.69, 9.17) is 4.42 Å². The fourth-order valence-corrected chi connectivity index (χ4v) is 3.72. The number of nitrogens with one attached hydrogen (secondary N) is 1. The number of aromatic nitrogens is 1. The van der Waals surface area contributed by atoms with Crippen molar-refractivity contribution in [2.45, 2.75) is 26.2 Å². The van der Waals surface area contributed by atoms with Gasteiger partial charge < -0.3 is 9.73 Å². The van der Waals surface area contributed by atoms with E-state index in [0.29, 0.717) is 23.1 Å². The van der Waals surface area contributed by atoms with E-state index < -0.39 is 0 Å². The van der Waals surface area contributed by atoms with Crippen LogP contribution in [0.1, 0.15) is 42.1 Å². The van der Waals surface area contributed by atoms with Gasteiger partial charge in [0.15, 0.2) is 5.58 Å². The lowest BCUT2D eigenvalue weighted by Gasteiger charge is -2.07. The molecular weight excluding hydrogens is 475 g/mol. The summed E-state index contributed by atoms with van der Waals surface area (Å²) in [5, 5.41) is 2.95. The summed E-state index contributed by atoms with van der Waals surface area (Å²) in [4.78, 5) is 17.2. The van der Waals surface area contributed by atoms with Crippen LogP contribution in [-0.2, 0) is 0 Å². The third-order valence-corrected chi connectivity index (χ3v) is 5.72. The number of rotatable bonds is 5. The molecule has 1 aromatic heterocycles. The summed E-state index contributed by atoms with van der Waals surface area (Å²) < 4.78 is 6.98. The number of benzene rings is 3. The molecule has 29 heavy (non-hydrogen) atoms. The first-order valence-electron chi connectivity index (χ1n) is 9.61. The lowest BCUT2D eigenvalue weighted by molar-refractivity contribution is 0.102. The lowest BCUT2D eigenvalue weighted by atomic mass is 9.98. The summed E-state index contributed by atoms with van der Waals surface area (Å²) in [6.45, 7) is 4.39. The van der Waals surface area contributed by atoms with E-state index >= 15 is 0 Å². The molecule has 0 fully saturated rings. The number of nitrogens with zero attached hydrogens (tertiary/aromatic N) is 1. The molecule has 0 saturated carbocycles. The predicted octanol–water partition coefficient (Wildman–Crippen LogP) is 6.87. The van der Waals surface area contributed by atoms with Crippen LogP contribution in [-0.4, -0.2) is 10.9 Å². The molecule has 3 aromatic carbocycles. The summed E-state index contributed by atoms with van der Waals surface area (Å²) in [6.07, 6.45) is 1.08. The number of carbonyl (C=O) groups excluding carboxylic acids is 1. The van der Waals surface area contributed by atoms with Crippen LogP contribution in [0.25, 0.3) is 22.6 Å². The number of anilines is 1.